The van der Waals surface area contributed by atoms with E-state index in [1.807, 2.05) is 6.92 Å². The zero-order valence-electron chi connectivity index (χ0n) is 11.2. The SMILES string of the molecule is CCS(=O)C1CC(C(C)(C)C)CCC1CN. The zero-order chi connectivity index (χ0) is 12.3. The first kappa shape index (κ1) is 14.2. The number of nitrogens with two attached hydrogens (primary N) is 1. The Bertz CT molecular complexity index is 247. The van der Waals surface area contributed by atoms with Crippen LogP contribution in [-0.2, 0) is 10.8 Å². The van der Waals surface area contributed by atoms with Crippen molar-refractivity contribution < 1.29 is 4.21 Å². The zero-order valence-corrected chi connectivity index (χ0v) is 12.0. The van der Waals surface area contributed by atoms with E-state index in [1.54, 1.807) is 0 Å². The van der Waals surface area contributed by atoms with Crippen LogP contribution in [-0.4, -0.2) is 21.8 Å². The molecule has 0 bridgehead atoms. The molecule has 4 atom stereocenters. The van der Waals surface area contributed by atoms with E-state index in [1.165, 1.54) is 6.42 Å². The normalized spacial score (nSPS) is 33.7. The molecule has 3 heteroatoms. The maximum atomic E-state index is 12.1. The van der Waals surface area contributed by atoms with Gasteiger partial charge in [0.25, 0.3) is 0 Å². The molecule has 4 unspecified atom stereocenters. The lowest BCUT2D eigenvalue weighted by Gasteiger charge is -2.41. The molecule has 2 N–H and O–H groups in total. The summed E-state index contributed by atoms with van der Waals surface area (Å²) in [6.07, 6.45) is 3.52. The summed E-state index contributed by atoms with van der Waals surface area (Å²) < 4.78 is 12.1. The summed E-state index contributed by atoms with van der Waals surface area (Å²) in [6, 6.07) is 0. The second-order valence-corrected chi connectivity index (χ2v) is 8.02. The number of hydrogen-bond acceptors (Lipinski definition) is 2. The Kier molecular flexibility index (Phi) is 4.99. The molecule has 1 fully saturated rings. The van der Waals surface area contributed by atoms with Crippen molar-refractivity contribution in [2.45, 2.75) is 52.2 Å². The second-order valence-electron chi connectivity index (χ2n) is 6.08. The Morgan fingerprint density at radius 3 is 2.38 bits per heavy atom. The fourth-order valence-electron chi connectivity index (χ4n) is 2.78. The Morgan fingerprint density at radius 2 is 1.94 bits per heavy atom. The van der Waals surface area contributed by atoms with E-state index in [9.17, 15) is 4.21 Å². The van der Waals surface area contributed by atoms with E-state index in [0.29, 0.717) is 29.0 Å². The number of rotatable bonds is 3. The first-order valence-electron chi connectivity index (χ1n) is 6.47. The van der Waals surface area contributed by atoms with Gasteiger partial charge in [-0.25, -0.2) is 0 Å². The molecule has 96 valence electrons. The van der Waals surface area contributed by atoms with E-state index >= 15 is 0 Å². The Hall–Kier alpha value is 0.110. The van der Waals surface area contributed by atoms with Gasteiger partial charge in [-0.3, -0.25) is 4.21 Å². The van der Waals surface area contributed by atoms with Crippen molar-refractivity contribution in [1.29, 1.82) is 0 Å². The Balaban J connectivity index is 2.73. The molecule has 0 heterocycles. The van der Waals surface area contributed by atoms with Crippen LogP contribution in [0.25, 0.3) is 0 Å². The van der Waals surface area contributed by atoms with Gasteiger partial charge in [0.05, 0.1) is 0 Å². The molecule has 1 aliphatic rings. The topological polar surface area (TPSA) is 43.1 Å². The van der Waals surface area contributed by atoms with Crippen molar-refractivity contribution in [3.63, 3.8) is 0 Å². The van der Waals surface area contributed by atoms with Gasteiger partial charge in [0, 0.05) is 21.8 Å². The van der Waals surface area contributed by atoms with E-state index in [4.69, 9.17) is 5.73 Å². The maximum Gasteiger partial charge on any atom is 0.0390 e. The van der Waals surface area contributed by atoms with Crippen molar-refractivity contribution in [3.05, 3.63) is 0 Å². The van der Waals surface area contributed by atoms with Crippen LogP contribution in [0, 0.1) is 17.3 Å². The predicted octanol–water partition coefficient (Wildman–Crippen LogP) is 2.54. The Labute approximate surface area is 103 Å². The molecular formula is C13H27NOS. The van der Waals surface area contributed by atoms with Crippen molar-refractivity contribution in [2.24, 2.45) is 23.0 Å². The van der Waals surface area contributed by atoms with Gasteiger partial charge in [0.2, 0.25) is 0 Å². The molecule has 0 saturated heterocycles. The largest absolute Gasteiger partial charge is 0.330 e. The van der Waals surface area contributed by atoms with Gasteiger partial charge in [0.1, 0.15) is 0 Å². The van der Waals surface area contributed by atoms with Crippen LogP contribution < -0.4 is 5.73 Å². The summed E-state index contributed by atoms with van der Waals surface area (Å²) in [6.45, 7) is 9.61. The molecule has 0 aromatic carbocycles. The maximum absolute atomic E-state index is 12.1. The lowest BCUT2D eigenvalue weighted by Crippen LogP contribution is -2.41. The second kappa shape index (κ2) is 5.63. The van der Waals surface area contributed by atoms with Gasteiger partial charge in [-0.05, 0) is 43.1 Å². The smallest absolute Gasteiger partial charge is 0.0390 e. The molecule has 1 rings (SSSR count). The first-order chi connectivity index (χ1) is 7.40. The molecule has 0 spiro atoms. The van der Waals surface area contributed by atoms with Crippen LogP contribution in [0.3, 0.4) is 0 Å². The van der Waals surface area contributed by atoms with Gasteiger partial charge >= 0.3 is 0 Å². The van der Waals surface area contributed by atoms with E-state index in [0.717, 1.165) is 18.6 Å². The molecule has 0 aliphatic heterocycles. The van der Waals surface area contributed by atoms with Gasteiger partial charge in [0.15, 0.2) is 0 Å². The highest BCUT2D eigenvalue weighted by Crippen LogP contribution is 2.41. The van der Waals surface area contributed by atoms with Crippen LogP contribution in [0.1, 0.15) is 47.0 Å². The van der Waals surface area contributed by atoms with E-state index in [-0.39, 0.29) is 0 Å². The molecule has 2 nitrogen and oxygen atoms in total. The monoisotopic (exact) mass is 245 g/mol. The van der Waals surface area contributed by atoms with Crippen LogP contribution in [0.4, 0.5) is 0 Å². The summed E-state index contributed by atoms with van der Waals surface area (Å²) in [5.41, 5.74) is 6.15. The summed E-state index contributed by atoms with van der Waals surface area (Å²) in [7, 11) is -0.679. The van der Waals surface area contributed by atoms with Crippen molar-refractivity contribution >= 4 is 10.8 Å². The highest BCUT2D eigenvalue weighted by molar-refractivity contribution is 7.85. The highest BCUT2D eigenvalue weighted by Gasteiger charge is 2.37. The van der Waals surface area contributed by atoms with Gasteiger partial charge in [-0.1, -0.05) is 27.7 Å². The minimum atomic E-state index is -0.679. The van der Waals surface area contributed by atoms with Crippen molar-refractivity contribution in [2.75, 3.05) is 12.3 Å². The standard InChI is InChI=1S/C13H27NOS/c1-5-16(15)12-8-11(13(2,3)4)7-6-10(12)9-14/h10-12H,5-9,14H2,1-4H3. The average Bonchev–Trinajstić information content (AvgIpc) is 2.25. The quantitative estimate of drug-likeness (QED) is 0.830. The predicted molar refractivity (Wildman–Crippen MR) is 71.8 cm³/mol. The number of hydrogen-bond donors (Lipinski definition) is 1. The third kappa shape index (κ3) is 3.30. The third-order valence-corrected chi connectivity index (χ3v) is 5.90. The fraction of sp³-hybridized carbons (Fsp3) is 1.00. The van der Waals surface area contributed by atoms with Gasteiger partial charge < -0.3 is 5.73 Å². The van der Waals surface area contributed by atoms with E-state index in [2.05, 4.69) is 20.8 Å². The van der Waals surface area contributed by atoms with E-state index < -0.39 is 10.8 Å². The van der Waals surface area contributed by atoms with Crippen LogP contribution in [0.2, 0.25) is 0 Å². The molecule has 0 aromatic rings. The summed E-state index contributed by atoms with van der Waals surface area (Å²) >= 11 is 0. The molecule has 0 radical (unpaired) electrons. The average molecular weight is 245 g/mol. The lowest BCUT2D eigenvalue weighted by molar-refractivity contribution is 0.156. The highest BCUT2D eigenvalue weighted by atomic mass is 32.2. The first-order valence-corrected chi connectivity index (χ1v) is 7.85. The fourth-order valence-corrected chi connectivity index (χ4v) is 4.34. The van der Waals surface area contributed by atoms with Crippen LogP contribution >= 0.6 is 0 Å². The minimum absolute atomic E-state index is 0.341. The summed E-state index contributed by atoms with van der Waals surface area (Å²) in [5, 5.41) is 0.341. The lowest BCUT2D eigenvalue weighted by atomic mass is 9.69. The molecule has 1 saturated carbocycles. The molecule has 0 aromatic heterocycles. The molecular weight excluding hydrogens is 218 g/mol. The van der Waals surface area contributed by atoms with Crippen LogP contribution in [0.15, 0.2) is 0 Å². The van der Waals surface area contributed by atoms with Gasteiger partial charge in [-0.2, -0.15) is 0 Å². The van der Waals surface area contributed by atoms with Gasteiger partial charge in [-0.15, -0.1) is 0 Å². The summed E-state index contributed by atoms with van der Waals surface area (Å²) in [5.74, 6) is 1.97. The Morgan fingerprint density at radius 1 is 1.31 bits per heavy atom. The molecule has 0 amide bonds. The molecule has 1 aliphatic carbocycles. The van der Waals surface area contributed by atoms with Crippen LogP contribution in [0.5, 0.6) is 0 Å². The van der Waals surface area contributed by atoms with Crippen molar-refractivity contribution in [3.8, 4) is 0 Å². The van der Waals surface area contributed by atoms with Crippen molar-refractivity contribution in [1.82, 2.24) is 0 Å². The minimum Gasteiger partial charge on any atom is -0.330 e. The third-order valence-electron chi connectivity index (χ3n) is 4.08. The molecule has 16 heavy (non-hydrogen) atoms. The summed E-state index contributed by atoms with van der Waals surface area (Å²) in [4.78, 5) is 0.